The van der Waals surface area contributed by atoms with E-state index in [2.05, 4.69) is 10.6 Å². The van der Waals surface area contributed by atoms with Crippen LogP contribution in [0.1, 0.15) is 11.1 Å². The van der Waals surface area contributed by atoms with Gasteiger partial charge in [0, 0.05) is 10.6 Å². The van der Waals surface area contributed by atoms with Crippen molar-refractivity contribution in [1.82, 2.24) is 5.32 Å². The summed E-state index contributed by atoms with van der Waals surface area (Å²) in [5, 5.41) is 5.48. The zero-order valence-electron chi connectivity index (χ0n) is 13.2. The molecule has 2 aromatic carbocycles. The molecule has 1 aliphatic heterocycles. The van der Waals surface area contributed by atoms with Crippen LogP contribution in [0.25, 0.3) is 0 Å². The fourth-order valence-corrected chi connectivity index (χ4v) is 3.46. The summed E-state index contributed by atoms with van der Waals surface area (Å²) in [7, 11) is 0. The molecule has 3 rings (SSSR count). The number of nitrogens with one attached hydrogen (secondary N) is 2. The molecule has 2 amide bonds. The smallest absolute Gasteiger partial charge is 0.408 e. The van der Waals surface area contributed by atoms with E-state index < -0.39 is 12.1 Å². The van der Waals surface area contributed by atoms with Gasteiger partial charge in [0.1, 0.15) is 12.6 Å². The molecule has 0 fully saturated rings. The van der Waals surface area contributed by atoms with Crippen molar-refractivity contribution in [2.75, 3.05) is 11.1 Å². The standard InChI is InChI=1S/C18H18N2O3S/c1-12-7-8-14-16(9-12)24-11-15(17(21)19-14)20-18(22)23-10-13-5-3-2-4-6-13/h2-9,15H,10-11H2,1H3,(H,19,21)(H,20,22). The van der Waals surface area contributed by atoms with Crippen LogP contribution in [0.4, 0.5) is 10.5 Å². The van der Waals surface area contributed by atoms with E-state index in [0.29, 0.717) is 5.75 Å². The predicted molar refractivity (Wildman–Crippen MR) is 94.1 cm³/mol. The van der Waals surface area contributed by atoms with Gasteiger partial charge in [0.25, 0.3) is 0 Å². The highest BCUT2D eigenvalue weighted by molar-refractivity contribution is 7.99. The number of rotatable bonds is 3. The second-order valence-corrected chi connectivity index (χ2v) is 6.62. The summed E-state index contributed by atoms with van der Waals surface area (Å²) in [6.45, 7) is 2.18. The largest absolute Gasteiger partial charge is 0.445 e. The molecule has 124 valence electrons. The number of fused-ring (bicyclic) bond motifs is 1. The Morgan fingerprint density at radius 3 is 2.88 bits per heavy atom. The summed E-state index contributed by atoms with van der Waals surface area (Å²) in [5.74, 6) is 0.227. The highest BCUT2D eigenvalue weighted by Gasteiger charge is 2.26. The number of carbonyl (C=O) groups excluding carboxylic acids is 2. The third-order valence-corrected chi connectivity index (χ3v) is 4.77. The molecule has 1 aliphatic rings. The quantitative estimate of drug-likeness (QED) is 0.898. The van der Waals surface area contributed by atoms with Crippen molar-refractivity contribution >= 4 is 29.4 Å². The Kier molecular flexibility index (Phi) is 5.05. The highest BCUT2D eigenvalue weighted by Crippen LogP contribution is 2.31. The lowest BCUT2D eigenvalue weighted by molar-refractivity contribution is -0.117. The molecule has 24 heavy (non-hydrogen) atoms. The molecule has 0 radical (unpaired) electrons. The van der Waals surface area contributed by atoms with Crippen LogP contribution >= 0.6 is 11.8 Å². The molecule has 2 aromatic rings. The average molecular weight is 342 g/mol. The first kappa shape index (κ1) is 16.4. The first-order valence-corrected chi connectivity index (χ1v) is 8.62. The van der Waals surface area contributed by atoms with Gasteiger partial charge in [0.2, 0.25) is 5.91 Å². The monoisotopic (exact) mass is 342 g/mol. The number of alkyl carbamates (subject to hydrolysis) is 1. The van der Waals surface area contributed by atoms with E-state index in [4.69, 9.17) is 4.74 Å². The van der Waals surface area contributed by atoms with Gasteiger partial charge in [-0.1, -0.05) is 36.4 Å². The maximum Gasteiger partial charge on any atom is 0.408 e. The molecule has 0 aromatic heterocycles. The first-order valence-electron chi connectivity index (χ1n) is 7.63. The van der Waals surface area contributed by atoms with Crippen molar-refractivity contribution in [2.45, 2.75) is 24.5 Å². The Hall–Kier alpha value is -2.47. The maximum atomic E-state index is 12.3. The molecule has 1 unspecified atom stereocenters. The maximum absolute atomic E-state index is 12.3. The Balaban J connectivity index is 1.57. The molecule has 5 nitrogen and oxygen atoms in total. The summed E-state index contributed by atoms with van der Waals surface area (Å²) >= 11 is 1.54. The first-order chi connectivity index (χ1) is 11.6. The fraction of sp³-hybridized carbons (Fsp3) is 0.222. The van der Waals surface area contributed by atoms with Crippen LogP contribution in [0.2, 0.25) is 0 Å². The summed E-state index contributed by atoms with van der Waals surface area (Å²) in [4.78, 5) is 25.2. The SMILES string of the molecule is Cc1ccc2c(c1)SCC(NC(=O)OCc1ccccc1)C(=O)N2. The average Bonchev–Trinajstić information content (AvgIpc) is 2.73. The third-order valence-electron chi connectivity index (χ3n) is 3.62. The molecule has 6 heteroatoms. The normalized spacial score (nSPS) is 16.5. The van der Waals surface area contributed by atoms with Gasteiger partial charge in [-0.25, -0.2) is 4.79 Å². The zero-order valence-corrected chi connectivity index (χ0v) is 14.1. The minimum Gasteiger partial charge on any atom is -0.445 e. The van der Waals surface area contributed by atoms with E-state index in [9.17, 15) is 9.59 Å². The van der Waals surface area contributed by atoms with Crippen LogP contribution in [-0.4, -0.2) is 23.8 Å². The van der Waals surface area contributed by atoms with E-state index in [1.54, 1.807) is 0 Å². The second kappa shape index (κ2) is 7.40. The summed E-state index contributed by atoms with van der Waals surface area (Å²) in [5.41, 5.74) is 2.80. The van der Waals surface area contributed by atoms with Gasteiger partial charge in [-0.15, -0.1) is 11.8 Å². The van der Waals surface area contributed by atoms with E-state index >= 15 is 0 Å². The van der Waals surface area contributed by atoms with Crippen molar-refractivity contribution in [3.05, 3.63) is 59.7 Å². The minimum absolute atomic E-state index is 0.174. The Labute approximate surface area is 144 Å². The van der Waals surface area contributed by atoms with Gasteiger partial charge >= 0.3 is 6.09 Å². The van der Waals surface area contributed by atoms with Gasteiger partial charge in [0.15, 0.2) is 0 Å². The number of benzene rings is 2. The number of amides is 2. The molecular weight excluding hydrogens is 324 g/mol. The van der Waals surface area contributed by atoms with E-state index in [1.807, 2.05) is 55.5 Å². The Bertz CT molecular complexity index is 749. The third kappa shape index (κ3) is 4.08. The van der Waals surface area contributed by atoms with Crippen LogP contribution in [0.3, 0.4) is 0 Å². The number of anilines is 1. The van der Waals surface area contributed by atoms with Crippen molar-refractivity contribution in [3.63, 3.8) is 0 Å². The highest BCUT2D eigenvalue weighted by atomic mass is 32.2. The number of thioether (sulfide) groups is 1. The zero-order chi connectivity index (χ0) is 16.9. The topological polar surface area (TPSA) is 67.4 Å². The van der Waals surface area contributed by atoms with Crippen molar-refractivity contribution < 1.29 is 14.3 Å². The van der Waals surface area contributed by atoms with Crippen LogP contribution in [0.5, 0.6) is 0 Å². The lowest BCUT2D eigenvalue weighted by Gasteiger charge is -2.14. The lowest BCUT2D eigenvalue weighted by Crippen LogP contribution is -2.44. The van der Waals surface area contributed by atoms with Crippen molar-refractivity contribution in [1.29, 1.82) is 0 Å². The molecule has 0 saturated carbocycles. The summed E-state index contributed by atoms with van der Waals surface area (Å²) in [6, 6.07) is 14.6. The number of ether oxygens (including phenoxy) is 1. The molecule has 0 aliphatic carbocycles. The van der Waals surface area contributed by atoms with Gasteiger partial charge in [-0.2, -0.15) is 0 Å². The number of hydrogen-bond donors (Lipinski definition) is 2. The van der Waals surface area contributed by atoms with E-state index in [-0.39, 0.29) is 12.5 Å². The van der Waals surface area contributed by atoms with Gasteiger partial charge in [-0.05, 0) is 30.2 Å². The fourth-order valence-electron chi connectivity index (χ4n) is 2.34. The second-order valence-electron chi connectivity index (χ2n) is 5.56. The molecule has 0 bridgehead atoms. The van der Waals surface area contributed by atoms with Crippen LogP contribution in [0, 0.1) is 6.92 Å². The van der Waals surface area contributed by atoms with Gasteiger partial charge in [-0.3, -0.25) is 4.79 Å². The van der Waals surface area contributed by atoms with Crippen LogP contribution < -0.4 is 10.6 Å². The van der Waals surface area contributed by atoms with Gasteiger partial charge < -0.3 is 15.4 Å². The number of carbonyl (C=O) groups is 2. The van der Waals surface area contributed by atoms with Gasteiger partial charge in [0.05, 0.1) is 5.69 Å². The molecule has 0 saturated heterocycles. The van der Waals surface area contributed by atoms with Crippen molar-refractivity contribution in [3.8, 4) is 0 Å². The van der Waals surface area contributed by atoms with Crippen LogP contribution in [0.15, 0.2) is 53.4 Å². The van der Waals surface area contributed by atoms with Crippen molar-refractivity contribution in [2.24, 2.45) is 0 Å². The summed E-state index contributed by atoms with van der Waals surface area (Å²) in [6.07, 6.45) is -0.596. The summed E-state index contributed by atoms with van der Waals surface area (Å²) < 4.78 is 5.18. The molecule has 2 N–H and O–H groups in total. The van der Waals surface area contributed by atoms with E-state index in [1.165, 1.54) is 11.8 Å². The van der Waals surface area contributed by atoms with E-state index in [0.717, 1.165) is 21.7 Å². The lowest BCUT2D eigenvalue weighted by atomic mass is 10.2. The number of hydrogen-bond acceptors (Lipinski definition) is 4. The number of aryl methyl sites for hydroxylation is 1. The molecular formula is C18H18N2O3S. The van der Waals surface area contributed by atoms with Crippen LogP contribution in [-0.2, 0) is 16.1 Å². The Morgan fingerprint density at radius 2 is 2.08 bits per heavy atom. The molecule has 1 heterocycles. The minimum atomic E-state index is -0.633. The Morgan fingerprint density at radius 1 is 1.29 bits per heavy atom. The molecule has 0 spiro atoms. The predicted octanol–water partition coefficient (Wildman–Crippen LogP) is 3.33. The molecule has 1 atom stereocenters.